The molecule has 1 aromatic carbocycles. The number of fused-ring (bicyclic) bond motifs is 1. The molecule has 0 aromatic heterocycles. The first-order chi connectivity index (χ1) is 11.1. The molecule has 0 saturated heterocycles. The molecule has 0 spiro atoms. The Hall–Kier alpha value is -2.83. The molecule has 1 heterocycles. The third-order valence-electron chi connectivity index (χ3n) is 2.85. The summed E-state index contributed by atoms with van der Waals surface area (Å²) in [5.74, 6) is -0.788. The Balaban J connectivity index is 1.87. The zero-order valence-electron chi connectivity index (χ0n) is 12.6. The maximum atomic E-state index is 12.0. The first kappa shape index (κ1) is 16.5. The quantitative estimate of drug-likeness (QED) is 0.443. The van der Waals surface area contributed by atoms with Gasteiger partial charge in [0.25, 0.3) is 0 Å². The van der Waals surface area contributed by atoms with Gasteiger partial charge in [0.15, 0.2) is 23.9 Å². The van der Waals surface area contributed by atoms with Crippen LogP contribution in [0, 0.1) is 0 Å². The van der Waals surface area contributed by atoms with Crippen LogP contribution in [-0.2, 0) is 19.1 Å². The van der Waals surface area contributed by atoms with E-state index in [0.717, 1.165) is 12.2 Å². The highest BCUT2D eigenvalue weighted by Gasteiger charge is 2.15. The first-order valence-corrected chi connectivity index (χ1v) is 7.04. The Morgan fingerprint density at radius 2 is 1.70 bits per heavy atom. The molecule has 2 rings (SSSR count). The number of benzene rings is 1. The number of rotatable bonds is 6. The van der Waals surface area contributed by atoms with Gasteiger partial charge in [0.1, 0.15) is 13.2 Å². The summed E-state index contributed by atoms with van der Waals surface area (Å²) in [6, 6.07) is 4.74. The summed E-state index contributed by atoms with van der Waals surface area (Å²) in [5.41, 5.74) is 0.344. The molecule has 23 heavy (non-hydrogen) atoms. The van der Waals surface area contributed by atoms with Crippen LogP contribution >= 0.6 is 0 Å². The molecule has 1 aromatic rings. The van der Waals surface area contributed by atoms with Gasteiger partial charge in [-0.25, -0.2) is 9.59 Å². The second kappa shape index (κ2) is 7.98. The Morgan fingerprint density at radius 1 is 1.04 bits per heavy atom. The topological polar surface area (TPSA) is 88.1 Å². The Kier molecular flexibility index (Phi) is 5.74. The lowest BCUT2D eigenvalue weighted by Crippen LogP contribution is -2.17. The number of hydrogen-bond acceptors (Lipinski definition) is 7. The van der Waals surface area contributed by atoms with Crippen LogP contribution < -0.4 is 9.47 Å². The number of ether oxygens (including phenoxy) is 4. The van der Waals surface area contributed by atoms with Gasteiger partial charge in [0.05, 0.1) is 6.61 Å². The van der Waals surface area contributed by atoms with Crippen molar-refractivity contribution in [1.29, 1.82) is 0 Å². The highest BCUT2D eigenvalue weighted by atomic mass is 16.6. The molecule has 122 valence electrons. The maximum absolute atomic E-state index is 12.0. The Bertz CT molecular complexity index is 633. The number of carbonyl (C=O) groups excluding carboxylic acids is 3. The standard InChI is InChI=1S/C16H16O7/c1-2-20-15(18)5-6-16(19)23-10-12(17)11-3-4-13-14(9-11)22-8-7-21-13/h3-6,9H,2,7-8,10H2,1H3/b6-5+. The fourth-order valence-corrected chi connectivity index (χ4v) is 1.81. The highest BCUT2D eigenvalue weighted by molar-refractivity contribution is 5.99. The van der Waals surface area contributed by atoms with E-state index in [2.05, 4.69) is 4.74 Å². The normalized spacial score (nSPS) is 12.7. The fourth-order valence-electron chi connectivity index (χ4n) is 1.81. The van der Waals surface area contributed by atoms with E-state index in [1.807, 2.05) is 0 Å². The van der Waals surface area contributed by atoms with Crippen LogP contribution in [0.2, 0.25) is 0 Å². The lowest BCUT2D eigenvalue weighted by molar-refractivity contribution is -0.139. The van der Waals surface area contributed by atoms with Gasteiger partial charge in [-0.2, -0.15) is 0 Å². The van der Waals surface area contributed by atoms with E-state index in [9.17, 15) is 14.4 Å². The van der Waals surface area contributed by atoms with Crippen molar-refractivity contribution in [3.05, 3.63) is 35.9 Å². The SMILES string of the molecule is CCOC(=O)/C=C/C(=O)OCC(=O)c1ccc2c(c1)OCCO2. The van der Waals surface area contributed by atoms with Crippen molar-refractivity contribution >= 4 is 17.7 Å². The van der Waals surface area contributed by atoms with Crippen molar-refractivity contribution in [1.82, 2.24) is 0 Å². The number of carbonyl (C=O) groups is 3. The van der Waals surface area contributed by atoms with E-state index in [-0.39, 0.29) is 12.4 Å². The molecule has 0 saturated carbocycles. The minimum absolute atomic E-state index is 0.209. The molecule has 0 fully saturated rings. The lowest BCUT2D eigenvalue weighted by atomic mass is 10.1. The maximum Gasteiger partial charge on any atom is 0.331 e. The van der Waals surface area contributed by atoms with E-state index in [1.54, 1.807) is 25.1 Å². The predicted octanol–water partition coefficient (Wildman–Crippen LogP) is 1.30. The van der Waals surface area contributed by atoms with Crippen LogP contribution in [0.3, 0.4) is 0 Å². The third kappa shape index (κ3) is 4.84. The second-order valence-corrected chi connectivity index (χ2v) is 4.47. The number of ketones is 1. The molecule has 0 unspecified atom stereocenters. The van der Waals surface area contributed by atoms with Gasteiger partial charge in [0, 0.05) is 17.7 Å². The monoisotopic (exact) mass is 320 g/mol. The van der Waals surface area contributed by atoms with Crippen LogP contribution in [0.15, 0.2) is 30.4 Å². The van der Waals surface area contributed by atoms with Crippen molar-refractivity contribution in [2.45, 2.75) is 6.92 Å². The van der Waals surface area contributed by atoms with Crippen LogP contribution in [0.25, 0.3) is 0 Å². The predicted molar refractivity (Wildman–Crippen MR) is 78.5 cm³/mol. The molecular formula is C16H16O7. The van der Waals surface area contributed by atoms with Crippen molar-refractivity contribution < 1.29 is 33.3 Å². The number of esters is 2. The van der Waals surface area contributed by atoms with Crippen molar-refractivity contribution in [2.24, 2.45) is 0 Å². The first-order valence-electron chi connectivity index (χ1n) is 7.04. The minimum Gasteiger partial charge on any atom is -0.486 e. The average molecular weight is 320 g/mol. The molecule has 0 aliphatic carbocycles. The molecular weight excluding hydrogens is 304 g/mol. The molecule has 0 radical (unpaired) electrons. The van der Waals surface area contributed by atoms with Crippen LogP contribution in [0.4, 0.5) is 0 Å². The molecule has 1 aliphatic rings. The fraction of sp³-hybridized carbons (Fsp3) is 0.312. The van der Waals surface area contributed by atoms with Crippen molar-refractivity contribution in [3.8, 4) is 11.5 Å². The molecule has 0 bridgehead atoms. The second-order valence-electron chi connectivity index (χ2n) is 4.47. The largest absolute Gasteiger partial charge is 0.486 e. The van der Waals surface area contributed by atoms with Gasteiger partial charge in [0.2, 0.25) is 0 Å². The Labute approximate surface area is 132 Å². The lowest BCUT2D eigenvalue weighted by Gasteiger charge is -2.18. The molecule has 1 aliphatic heterocycles. The zero-order valence-corrected chi connectivity index (χ0v) is 12.6. The van der Waals surface area contributed by atoms with Crippen LogP contribution in [-0.4, -0.2) is 44.1 Å². The van der Waals surface area contributed by atoms with Crippen LogP contribution in [0.5, 0.6) is 11.5 Å². The van der Waals surface area contributed by atoms with Gasteiger partial charge < -0.3 is 18.9 Å². The van der Waals surface area contributed by atoms with E-state index in [4.69, 9.17) is 14.2 Å². The summed E-state index contributed by atoms with van der Waals surface area (Å²) in [6.07, 6.45) is 1.86. The summed E-state index contributed by atoms with van der Waals surface area (Å²) in [6.45, 7) is 2.30. The van der Waals surface area contributed by atoms with Gasteiger partial charge in [-0.15, -0.1) is 0 Å². The summed E-state index contributed by atoms with van der Waals surface area (Å²) in [5, 5.41) is 0. The Morgan fingerprint density at radius 3 is 2.39 bits per heavy atom. The molecule has 0 atom stereocenters. The minimum atomic E-state index is -0.802. The highest BCUT2D eigenvalue weighted by Crippen LogP contribution is 2.30. The van der Waals surface area contributed by atoms with Gasteiger partial charge in [-0.05, 0) is 25.1 Å². The van der Waals surface area contributed by atoms with Crippen molar-refractivity contribution in [3.63, 3.8) is 0 Å². The number of hydrogen-bond donors (Lipinski definition) is 0. The average Bonchev–Trinajstić information content (AvgIpc) is 2.57. The van der Waals surface area contributed by atoms with Gasteiger partial charge >= 0.3 is 11.9 Å². The van der Waals surface area contributed by atoms with E-state index < -0.39 is 18.5 Å². The summed E-state index contributed by atoms with van der Waals surface area (Å²) in [7, 11) is 0. The number of Topliss-reactive ketones (excluding diaryl/α,β-unsaturated/α-hetero) is 1. The van der Waals surface area contributed by atoms with E-state index in [1.165, 1.54) is 0 Å². The smallest absolute Gasteiger partial charge is 0.331 e. The molecule has 7 heteroatoms. The van der Waals surface area contributed by atoms with E-state index in [0.29, 0.717) is 30.3 Å². The van der Waals surface area contributed by atoms with E-state index >= 15 is 0 Å². The van der Waals surface area contributed by atoms with Gasteiger partial charge in [-0.1, -0.05) is 0 Å². The van der Waals surface area contributed by atoms with Gasteiger partial charge in [-0.3, -0.25) is 4.79 Å². The summed E-state index contributed by atoms with van der Waals surface area (Å²) >= 11 is 0. The molecule has 0 amide bonds. The summed E-state index contributed by atoms with van der Waals surface area (Å²) < 4.78 is 20.1. The molecule has 7 nitrogen and oxygen atoms in total. The van der Waals surface area contributed by atoms with Crippen LogP contribution in [0.1, 0.15) is 17.3 Å². The molecule has 0 N–H and O–H groups in total. The zero-order chi connectivity index (χ0) is 16.7. The summed E-state index contributed by atoms with van der Waals surface area (Å²) in [4.78, 5) is 34.4. The van der Waals surface area contributed by atoms with Crippen molar-refractivity contribution in [2.75, 3.05) is 26.4 Å². The third-order valence-corrected chi connectivity index (χ3v) is 2.85.